The van der Waals surface area contributed by atoms with Gasteiger partial charge >= 0.3 is 0 Å². The Morgan fingerprint density at radius 1 is 1.00 bits per heavy atom. The standard InChI is InChI=1S/C21H32N2O2/c1-20(2,3)16-9-7-8-10-17(16)22-18(24)15-11-13-23(14-12-15)19(25)21(4,5)6/h7-10,15H,11-14H2,1-6H3,(H,22,24). The highest BCUT2D eigenvalue weighted by Gasteiger charge is 2.32. The first-order valence-corrected chi connectivity index (χ1v) is 9.20. The number of hydrogen-bond acceptors (Lipinski definition) is 2. The monoisotopic (exact) mass is 344 g/mol. The molecule has 4 heteroatoms. The Morgan fingerprint density at radius 3 is 2.08 bits per heavy atom. The number of piperidine rings is 1. The summed E-state index contributed by atoms with van der Waals surface area (Å²) in [6, 6.07) is 8.00. The molecule has 0 unspecified atom stereocenters. The van der Waals surface area contributed by atoms with Crippen molar-refractivity contribution in [2.75, 3.05) is 18.4 Å². The molecule has 0 aliphatic carbocycles. The van der Waals surface area contributed by atoms with Crippen molar-refractivity contribution in [1.82, 2.24) is 4.90 Å². The molecule has 1 heterocycles. The molecule has 1 aliphatic heterocycles. The summed E-state index contributed by atoms with van der Waals surface area (Å²) in [4.78, 5) is 27.0. The number of nitrogens with zero attached hydrogens (tertiary/aromatic N) is 1. The Bertz CT molecular complexity index is 630. The van der Waals surface area contributed by atoms with Gasteiger partial charge in [0.2, 0.25) is 11.8 Å². The van der Waals surface area contributed by atoms with Gasteiger partial charge in [0.25, 0.3) is 0 Å². The minimum Gasteiger partial charge on any atom is -0.342 e. The first-order valence-electron chi connectivity index (χ1n) is 9.20. The van der Waals surface area contributed by atoms with Crippen molar-refractivity contribution in [1.29, 1.82) is 0 Å². The Balaban J connectivity index is 2.00. The van der Waals surface area contributed by atoms with Crippen LogP contribution in [0.1, 0.15) is 59.9 Å². The van der Waals surface area contributed by atoms with E-state index < -0.39 is 0 Å². The zero-order valence-corrected chi connectivity index (χ0v) is 16.5. The number of benzene rings is 1. The summed E-state index contributed by atoms with van der Waals surface area (Å²) in [6.45, 7) is 13.6. The van der Waals surface area contributed by atoms with Gasteiger partial charge in [-0.2, -0.15) is 0 Å². The summed E-state index contributed by atoms with van der Waals surface area (Å²) in [5, 5.41) is 3.12. The van der Waals surface area contributed by atoms with Crippen molar-refractivity contribution in [2.45, 2.75) is 59.8 Å². The Morgan fingerprint density at radius 2 is 1.56 bits per heavy atom. The van der Waals surface area contributed by atoms with E-state index in [2.05, 4.69) is 32.2 Å². The largest absolute Gasteiger partial charge is 0.342 e. The lowest BCUT2D eigenvalue weighted by Gasteiger charge is -2.35. The maximum absolute atomic E-state index is 12.7. The molecule has 1 aromatic carbocycles. The van der Waals surface area contributed by atoms with E-state index in [9.17, 15) is 9.59 Å². The predicted molar refractivity (Wildman–Crippen MR) is 103 cm³/mol. The van der Waals surface area contributed by atoms with Crippen LogP contribution in [0.5, 0.6) is 0 Å². The van der Waals surface area contributed by atoms with Gasteiger partial charge in [0.05, 0.1) is 0 Å². The highest BCUT2D eigenvalue weighted by atomic mass is 16.2. The van der Waals surface area contributed by atoms with Gasteiger partial charge in [0.15, 0.2) is 0 Å². The van der Waals surface area contributed by atoms with E-state index >= 15 is 0 Å². The Hall–Kier alpha value is -1.84. The number of carbonyl (C=O) groups is 2. The lowest BCUT2D eigenvalue weighted by atomic mass is 9.85. The van der Waals surface area contributed by atoms with Gasteiger partial charge < -0.3 is 10.2 Å². The number of carbonyl (C=O) groups excluding carboxylic acids is 2. The third-order valence-corrected chi connectivity index (χ3v) is 4.79. The topological polar surface area (TPSA) is 49.4 Å². The number of para-hydroxylation sites is 1. The van der Waals surface area contributed by atoms with Crippen LogP contribution in [-0.4, -0.2) is 29.8 Å². The van der Waals surface area contributed by atoms with E-state index in [0.717, 1.165) is 24.1 Å². The second kappa shape index (κ2) is 7.19. The molecule has 1 aromatic rings. The van der Waals surface area contributed by atoms with Crippen LogP contribution < -0.4 is 5.32 Å². The number of anilines is 1. The highest BCUT2D eigenvalue weighted by molar-refractivity contribution is 5.93. The molecule has 0 saturated carbocycles. The highest BCUT2D eigenvalue weighted by Crippen LogP contribution is 2.30. The summed E-state index contributed by atoms with van der Waals surface area (Å²) in [5.41, 5.74) is 1.66. The fourth-order valence-corrected chi connectivity index (χ4v) is 3.30. The minimum absolute atomic E-state index is 0.0215. The van der Waals surface area contributed by atoms with Gasteiger partial charge in [-0.05, 0) is 29.9 Å². The molecule has 0 bridgehead atoms. The summed E-state index contributed by atoms with van der Waals surface area (Å²) in [7, 11) is 0. The molecule has 1 fully saturated rings. The number of amides is 2. The normalized spacial score (nSPS) is 16.6. The van der Waals surface area contributed by atoms with Crippen LogP contribution in [0.4, 0.5) is 5.69 Å². The molecule has 4 nitrogen and oxygen atoms in total. The third kappa shape index (κ3) is 4.83. The molecule has 1 N–H and O–H groups in total. The van der Waals surface area contributed by atoms with Crippen LogP contribution in [-0.2, 0) is 15.0 Å². The Kier molecular flexibility index (Phi) is 5.60. The number of likely N-dealkylation sites (tertiary alicyclic amines) is 1. The zero-order chi connectivity index (χ0) is 18.8. The fraction of sp³-hybridized carbons (Fsp3) is 0.619. The molecular weight excluding hydrogens is 312 g/mol. The van der Waals surface area contributed by atoms with Crippen molar-refractivity contribution < 1.29 is 9.59 Å². The van der Waals surface area contributed by atoms with Crippen molar-refractivity contribution in [3.63, 3.8) is 0 Å². The van der Waals surface area contributed by atoms with Crippen LogP contribution in [0.25, 0.3) is 0 Å². The predicted octanol–water partition coefficient (Wildman–Crippen LogP) is 4.21. The van der Waals surface area contributed by atoms with Gasteiger partial charge in [0, 0.05) is 30.1 Å². The van der Waals surface area contributed by atoms with E-state index in [0.29, 0.717) is 13.1 Å². The van der Waals surface area contributed by atoms with Crippen molar-refractivity contribution >= 4 is 17.5 Å². The molecule has 0 atom stereocenters. The van der Waals surface area contributed by atoms with Crippen LogP contribution in [0.3, 0.4) is 0 Å². The van der Waals surface area contributed by atoms with E-state index in [4.69, 9.17) is 0 Å². The maximum Gasteiger partial charge on any atom is 0.227 e. The van der Waals surface area contributed by atoms with Crippen LogP contribution >= 0.6 is 0 Å². The zero-order valence-electron chi connectivity index (χ0n) is 16.5. The van der Waals surface area contributed by atoms with E-state index in [1.165, 1.54) is 0 Å². The number of hydrogen-bond donors (Lipinski definition) is 1. The average molecular weight is 344 g/mol. The van der Waals surface area contributed by atoms with E-state index in [1.807, 2.05) is 43.9 Å². The Labute approximate surface area is 152 Å². The van der Waals surface area contributed by atoms with Gasteiger partial charge in [-0.1, -0.05) is 59.7 Å². The summed E-state index contributed by atoms with van der Waals surface area (Å²) >= 11 is 0. The molecule has 1 aliphatic rings. The van der Waals surface area contributed by atoms with Gasteiger partial charge in [-0.3, -0.25) is 9.59 Å². The summed E-state index contributed by atoms with van der Waals surface area (Å²) < 4.78 is 0. The molecule has 2 amide bonds. The lowest BCUT2D eigenvalue weighted by Crippen LogP contribution is -2.45. The summed E-state index contributed by atoms with van der Waals surface area (Å²) in [5.74, 6) is 0.209. The third-order valence-electron chi connectivity index (χ3n) is 4.79. The summed E-state index contributed by atoms with van der Waals surface area (Å²) in [6.07, 6.45) is 1.46. The van der Waals surface area contributed by atoms with Gasteiger partial charge in [-0.15, -0.1) is 0 Å². The molecule has 138 valence electrons. The molecule has 0 aromatic heterocycles. The fourth-order valence-electron chi connectivity index (χ4n) is 3.30. The van der Waals surface area contributed by atoms with Crippen molar-refractivity contribution in [3.05, 3.63) is 29.8 Å². The van der Waals surface area contributed by atoms with Crippen LogP contribution in [0.2, 0.25) is 0 Å². The minimum atomic E-state index is -0.360. The molecular formula is C21H32N2O2. The van der Waals surface area contributed by atoms with Crippen LogP contribution in [0, 0.1) is 11.3 Å². The van der Waals surface area contributed by atoms with Crippen molar-refractivity contribution in [2.24, 2.45) is 11.3 Å². The van der Waals surface area contributed by atoms with E-state index in [-0.39, 0.29) is 28.6 Å². The SMILES string of the molecule is CC(C)(C)C(=O)N1CCC(C(=O)Nc2ccccc2C(C)(C)C)CC1. The second-order valence-electron chi connectivity index (χ2n) is 9.10. The average Bonchev–Trinajstić information content (AvgIpc) is 2.53. The first kappa shape index (κ1) is 19.5. The number of rotatable bonds is 2. The smallest absolute Gasteiger partial charge is 0.227 e. The van der Waals surface area contributed by atoms with E-state index in [1.54, 1.807) is 0 Å². The maximum atomic E-state index is 12.7. The van der Waals surface area contributed by atoms with Gasteiger partial charge in [0.1, 0.15) is 0 Å². The molecule has 2 rings (SSSR count). The first-order chi connectivity index (χ1) is 11.5. The van der Waals surface area contributed by atoms with Crippen molar-refractivity contribution in [3.8, 4) is 0 Å². The van der Waals surface area contributed by atoms with Crippen LogP contribution in [0.15, 0.2) is 24.3 Å². The number of nitrogens with one attached hydrogen (secondary N) is 1. The molecule has 0 spiro atoms. The van der Waals surface area contributed by atoms with Gasteiger partial charge in [-0.25, -0.2) is 0 Å². The lowest BCUT2D eigenvalue weighted by molar-refractivity contribution is -0.142. The molecule has 1 saturated heterocycles. The molecule has 25 heavy (non-hydrogen) atoms. The second-order valence-corrected chi connectivity index (χ2v) is 9.10. The molecule has 0 radical (unpaired) electrons. The quantitative estimate of drug-likeness (QED) is 0.874.